The van der Waals surface area contributed by atoms with Crippen LogP contribution >= 0.6 is 0 Å². The van der Waals surface area contributed by atoms with E-state index in [2.05, 4.69) is 5.18 Å². The average molecular weight is 272 g/mol. The summed E-state index contributed by atoms with van der Waals surface area (Å²) in [7, 11) is 0. The van der Waals surface area contributed by atoms with Crippen molar-refractivity contribution in [3.05, 3.63) is 39.8 Å². The molecule has 1 atom stereocenters. The first kappa shape index (κ1) is 14.4. The van der Waals surface area contributed by atoms with Crippen molar-refractivity contribution < 1.29 is 26.3 Å². The van der Waals surface area contributed by atoms with Gasteiger partial charge in [-0.15, -0.1) is 4.91 Å². The summed E-state index contributed by atoms with van der Waals surface area (Å²) >= 11 is 0. The number of hydrogen-bond acceptors (Lipinski definition) is 3. The molecule has 0 saturated carbocycles. The molecule has 0 aliphatic rings. The number of halogens is 6. The highest BCUT2D eigenvalue weighted by Gasteiger charge is 2.37. The highest BCUT2D eigenvalue weighted by atomic mass is 19.4. The zero-order valence-electron chi connectivity index (χ0n) is 8.51. The molecule has 0 radical (unpaired) electrons. The number of nitrogens with zero attached hydrogens (tertiary/aromatic N) is 1. The van der Waals surface area contributed by atoms with Crippen LogP contribution in [0.15, 0.2) is 23.4 Å². The molecule has 0 spiro atoms. The first-order chi connectivity index (χ1) is 8.05. The molecule has 100 valence electrons. The van der Waals surface area contributed by atoms with Gasteiger partial charge in [0.05, 0.1) is 11.1 Å². The molecule has 0 amide bonds. The van der Waals surface area contributed by atoms with Gasteiger partial charge >= 0.3 is 12.4 Å². The lowest BCUT2D eigenvalue weighted by atomic mass is 10.0. The van der Waals surface area contributed by atoms with Gasteiger partial charge < -0.3 is 5.73 Å². The van der Waals surface area contributed by atoms with Gasteiger partial charge in [0.1, 0.15) is 0 Å². The summed E-state index contributed by atoms with van der Waals surface area (Å²) in [5, 5.41) is 2.20. The normalized spacial score (nSPS) is 14.4. The maximum atomic E-state index is 12.4. The van der Waals surface area contributed by atoms with Crippen LogP contribution in [0.1, 0.15) is 22.9 Å². The van der Waals surface area contributed by atoms with E-state index in [0.717, 1.165) is 0 Å². The quantitative estimate of drug-likeness (QED) is 0.662. The van der Waals surface area contributed by atoms with Crippen LogP contribution in [-0.4, -0.2) is 0 Å². The lowest BCUT2D eigenvalue weighted by molar-refractivity contribution is -0.143. The van der Waals surface area contributed by atoms with Crippen LogP contribution in [0.25, 0.3) is 0 Å². The Labute approximate surface area is 96.6 Å². The summed E-state index contributed by atoms with van der Waals surface area (Å²) in [6.45, 7) is 0. The van der Waals surface area contributed by atoms with Crippen molar-refractivity contribution in [3.8, 4) is 0 Å². The van der Waals surface area contributed by atoms with Crippen LogP contribution < -0.4 is 5.73 Å². The first-order valence-electron chi connectivity index (χ1n) is 4.43. The lowest BCUT2D eigenvalue weighted by Gasteiger charge is -2.14. The van der Waals surface area contributed by atoms with E-state index in [1.165, 1.54) is 0 Å². The third-order valence-electron chi connectivity index (χ3n) is 2.07. The Morgan fingerprint density at radius 3 is 1.61 bits per heavy atom. The smallest absolute Gasteiger partial charge is 0.303 e. The van der Waals surface area contributed by atoms with Gasteiger partial charge in [-0.3, -0.25) is 0 Å². The van der Waals surface area contributed by atoms with Crippen molar-refractivity contribution in [2.75, 3.05) is 0 Å². The molecular weight excluding hydrogens is 266 g/mol. The van der Waals surface area contributed by atoms with E-state index in [4.69, 9.17) is 5.73 Å². The highest BCUT2D eigenvalue weighted by molar-refractivity contribution is 5.35. The fourth-order valence-electron chi connectivity index (χ4n) is 1.21. The molecule has 0 heterocycles. The van der Waals surface area contributed by atoms with Gasteiger partial charge in [0.15, 0.2) is 6.17 Å². The second kappa shape index (κ2) is 4.56. The van der Waals surface area contributed by atoms with Gasteiger partial charge in [-0.25, -0.2) is 0 Å². The van der Waals surface area contributed by atoms with E-state index in [-0.39, 0.29) is 6.07 Å². The Balaban J connectivity index is 3.43. The molecule has 1 rings (SSSR count). The van der Waals surface area contributed by atoms with E-state index in [9.17, 15) is 31.2 Å². The fraction of sp³-hybridized carbons (Fsp3) is 0.333. The Morgan fingerprint density at radius 2 is 1.33 bits per heavy atom. The van der Waals surface area contributed by atoms with Gasteiger partial charge in [0, 0.05) is 0 Å². The molecule has 0 saturated heterocycles. The summed E-state index contributed by atoms with van der Waals surface area (Å²) in [6.07, 6.45) is -11.7. The van der Waals surface area contributed by atoms with Crippen molar-refractivity contribution in [1.82, 2.24) is 0 Å². The first-order valence-corrected chi connectivity index (χ1v) is 4.43. The Hall–Kier alpha value is -1.64. The Morgan fingerprint density at radius 1 is 0.944 bits per heavy atom. The third-order valence-corrected chi connectivity index (χ3v) is 2.07. The SMILES string of the molecule is NC(N=O)c1cc(C(F)(F)F)cc(C(F)(F)F)c1. The predicted molar refractivity (Wildman–Crippen MR) is 49.2 cm³/mol. The Kier molecular flexibility index (Phi) is 3.65. The minimum atomic E-state index is -4.97. The van der Waals surface area contributed by atoms with Crippen molar-refractivity contribution in [2.24, 2.45) is 10.9 Å². The van der Waals surface area contributed by atoms with Gasteiger partial charge in [0.2, 0.25) is 0 Å². The number of rotatable bonds is 2. The number of benzene rings is 1. The molecule has 0 bridgehead atoms. The van der Waals surface area contributed by atoms with Crippen LogP contribution in [-0.2, 0) is 12.4 Å². The van der Waals surface area contributed by atoms with Crippen LogP contribution in [0.5, 0.6) is 0 Å². The number of nitroso groups, excluding NO2 is 1. The van der Waals surface area contributed by atoms with Gasteiger partial charge in [-0.1, -0.05) is 0 Å². The summed E-state index contributed by atoms with van der Waals surface area (Å²) in [5.74, 6) is 0. The Bertz CT molecular complexity index is 421. The summed E-state index contributed by atoms with van der Waals surface area (Å²) in [5.41, 5.74) is 1.29. The summed E-state index contributed by atoms with van der Waals surface area (Å²) in [6, 6.07) is 0.670. The van der Waals surface area contributed by atoms with E-state index < -0.39 is 35.2 Å². The summed E-state index contributed by atoms with van der Waals surface area (Å²) in [4.78, 5) is 10.1. The van der Waals surface area contributed by atoms with E-state index >= 15 is 0 Å². The van der Waals surface area contributed by atoms with E-state index in [0.29, 0.717) is 12.1 Å². The molecular formula is C9H6F6N2O. The van der Waals surface area contributed by atoms with Crippen molar-refractivity contribution in [2.45, 2.75) is 18.5 Å². The summed E-state index contributed by atoms with van der Waals surface area (Å²) < 4.78 is 74.3. The molecule has 9 heteroatoms. The molecule has 0 aliphatic carbocycles. The van der Waals surface area contributed by atoms with Crippen LogP contribution in [0.3, 0.4) is 0 Å². The molecule has 2 N–H and O–H groups in total. The van der Waals surface area contributed by atoms with Crippen LogP contribution in [0.4, 0.5) is 26.3 Å². The van der Waals surface area contributed by atoms with Crippen LogP contribution in [0, 0.1) is 4.91 Å². The van der Waals surface area contributed by atoms with Gasteiger partial charge in [0.25, 0.3) is 0 Å². The van der Waals surface area contributed by atoms with Crippen LogP contribution in [0.2, 0.25) is 0 Å². The molecule has 1 unspecified atom stereocenters. The molecule has 3 nitrogen and oxygen atoms in total. The third kappa shape index (κ3) is 3.19. The minimum absolute atomic E-state index is 0.0545. The fourth-order valence-corrected chi connectivity index (χ4v) is 1.21. The second-order valence-electron chi connectivity index (χ2n) is 3.39. The maximum absolute atomic E-state index is 12.4. The standard InChI is InChI=1S/C9H6F6N2O/c10-8(11,12)5-1-4(7(16)17-18)2-6(3-5)9(13,14)15/h1-3,7H,16H2. The molecule has 0 aromatic heterocycles. The second-order valence-corrected chi connectivity index (χ2v) is 3.39. The molecule has 0 aliphatic heterocycles. The van der Waals surface area contributed by atoms with E-state index in [1.807, 2.05) is 0 Å². The van der Waals surface area contributed by atoms with Crippen molar-refractivity contribution in [3.63, 3.8) is 0 Å². The molecule has 0 fully saturated rings. The largest absolute Gasteiger partial charge is 0.416 e. The monoisotopic (exact) mass is 272 g/mol. The molecule has 1 aromatic rings. The molecule has 18 heavy (non-hydrogen) atoms. The lowest BCUT2D eigenvalue weighted by Crippen LogP contribution is -2.15. The number of hydrogen-bond donors (Lipinski definition) is 1. The van der Waals surface area contributed by atoms with Gasteiger partial charge in [-0.2, -0.15) is 26.3 Å². The zero-order valence-corrected chi connectivity index (χ0v) is 8.51. The zero-order chi connectivity index (χ0) is 14.1. The predicted octanol–water partition coefficient (Wildman–Crippen LogP) is 3.45. The van der Waals surface area contributed by atoms with E-state index in [1.54, 1.807) is 0 Å². The van der Waals surface area contributed by atoms with Crippen molar-refractivity contribution in [1.29, 1.82) is 0 Å². The van der Waals surface area contributed by atoms with Gasteiger partial charge in [-0.05, 0) is 28.9 Å². The maximum Gasteiger partial charge on any atom is 0.416 e. The highest BCUT2D eigenvalue weighted by Crippen LogP contribution is 2.37. The number of nitrogens with two attached hydrogens (primary N) is 1. The minimum Gasteiger partial charge on any atom is -0.303 e. The molecule has 1 aromatic carbocycles. The van der Waals surface area contributed by atoms with Crippen molar-refractivity contribution >= 4 is 0 Å². The average Bonchev–Trinajstić information content (AvgIpc) is 2.25. The topological polar surface area (TPSA) is 55.4 Å². The number of alkyl halides is 6.